The molecule has 1 aliphatic carbocycles. The zero-order chi connectivity index (χ0) is 13.2. The molecule has 0 fully saturated rings. The molecule has 1 aromatic carbocycles. The Morgan fingerprint density at radius 3 is 2.95 bits per heavy atom. The van der Waals surface area contributed by atoms with Crippen molar-refractivity contribution in [1.29, 1.82) is 0 Å². The van der Waals surface area contributed by atoms with Crippen molar-refractivity contribution in [1.82, 2.24) is 4.98 Å². The fraction of sp³-hybridized carbons (Fsp3) is 0.125. The van der Waals surface area contributed by atoms with Gasteiger partial charge in [0.15, 0.2) is 0 Å². The number of hydrogen-bond donors (Lipinski definition) is 0. The molecule has 0 saturated carbocycles. The van der Waals surface area contributed by atoms with Crippen molar-refractivity contribution in [2.24, 2.45) is 0 Å². The van der Waals surface area contributed by atoms with Gasteiger partial charge in [-0.05, 0) is 41.0 Å². The minimum Gasteiger partial charge on any atom is -0.465 e. The molecule has 1 heterocycles. The highest BCUT2D eigenvalue weighted by Crippen LogP contribution is 2.24. The van der Waals surface area contributed by atoms with Crippen molar-refractivity contribution in [2.45, 2.75) is 6.42 Å². The molecule has 0 N–H and O–H groups in total. The van der Waals surface area contributed by atoms with Gasteiger partial charge in [0.25, 0.3) is 0 Å². The molecule has 1 aromatic heterocycles. The first-order valence-electron chi connectivity index (χ1n) is 6.11. The van der Waals surface area contributed by atoms with Gasteiger partial charge in [0, 0.05) is 12.6 Å². The molecule has 3 heteroatoms. The average molecular weight is 251 g/mol. The maximum atomic E-state index is 11.5. The monoisotopic (exact) mass is 251 g/mol. The van der Waals surface area contributed by atoms with Crippen LogP contribution in [0.5, 0.6) is 0 Å². The molecule has 0 bridgehead atoms. The van der Waals surface area contributed by atoms with Gasteiger partial charge in [-0.25, -0.2) is 4.79 Å². The van der Waals surface area contributed by atoms with Crippen molar-refractivity contribution in [3.8, 4) is 0 Å². The van der Waals surface area contributed by atoms with Gasteiger partial charge >= 0.3 is 5.97 Å². The van der Waals surface area contributed by atoms with Gasteiger partial charge in [-0.2, -0.15) is 0 Å². The van der Waals surface area contributed by atoms with Gasteiger partial charge in [0.2, 0.25) is 0 Å². The Morgan fingerprint density at radius 1 is 1.21 bits per heavy atom. The van der Waals surface area contributed by atoms with E-state index in [2.05, 4.69) is 11.1 Å². The normalized spacial score (nSPS) is 12.3. The van der Waals surface area contributed by atoms with Crippen LogP contribution >= 0.6 is 0 Å². The summed E-state index contributed by atoms with van der Waals surface area (Å²) in [5, 5.41) is 0. The summed E-state index contributed by atoms with van der Waals surface area (Å²) in [7, 11) is 1.39. The van der Waals surface area contributed by atoms with Crippen molar-refractivity contribution < 1.29 is 9.53 Å². The number of aromatic nitrogens is 1. The molecule has 0 amide bonds. The lowest BCUT2D eigenvalue weighted by atomic mass is 9.99. The van der Waals surface area contributed by atoms with Gasteiger partial charge in [-0.3, -0.25) is 4.98 Å². The lowest BCUT2D eigenvalue weighted by Gasteiger charge is -2.07. The quantitative estimate of drug-likeness (QED) is 0.624. The summed E-state index contributed by atoms with van der Waals surface area (Å²) < 4.78 is 4.74. The van der Waals surface area contributed by atoms with Gasteiger partial charge < -0.3 is 4.74 Å². The summed E-state index contributed by atoms with van der Waals surface area (Å²) in [6, 6.07) is 9.67. The number of carbonyl (C=O) groups is 1. The smallest absolute Gasteiger partial charge is 0.337 e. The molecule has 0 radical (unpaired) electrons. The van der Waals surface area contributed by atoms with Crippen LogP contribution in [-0.4, -0.2) is 18.1 Å². The first kappa shape index (κ1) is 11.7. The Hall–Kier alpha value is -2.42. The molecule has 3 rings (SSSR count). The molecular formula is C16H13NO2. The van der Waals surface area contributed by atoms with Crippen LogP contribution in [0.3, 0.4) is 0 Å². The van der Waals surface area contributed by atoms with Gasteiger partial charge in [-0.1, -0.05) is 18.2 Å². The van der Waals surface area contributed by atoms with Crippen LogP contribution < -0.4 is 0 Å². The third kappa shape index (κ3) is 2.15. The fourth-order valence-electron chi connectivity index (χ4n) is 2.28. The van der Waals surface area contributed by atoms with Gasteiger partial charge in [-0.15, -0.1) is 0 Å². The van der Waals surface area contributed by atoms with E-state index >= 15 is 0 Å². The highest BCUT2D eigenvalue weighted by atomic mass is 16.5. The standard InChI is InChI=1S/C16H13NO2/c1-19-16(18)14-5-4-11-9-13-3-2-8-17-15(13)7-6-12(11)10-14/h2-8,10H,9H2,1H3. The highest BCUT2D eigenvalue weighted by Gasteiger charge is 2.12. The topological polar surface area (TPSA) is 39.2 Å². The second-order valence-corrected chi connectivity index (χ2v) is 4.46. The van der Waals surface area contributed by atoms with E-state index in [9.17, 15) is 4.79 Å². The third-order valence-corrected chi connectivity index (χ3v) is 3.29. The van der Waals surface area contributed by atoms with E-state index in [1.165, 1.54) is 18.2 Å². The van der Waals surface area contributed by atoms with E-state index in [1.807, 2.05) is 30.4 Å². The molecular weight excluding hydrogens is 238 g/mol. The molecule has 3 nitrogen and oxygen atoms in total. The average Bonchev–Trinajstić information content (AvgIpc) is 2.64. The van der Waals surface area contributed by atoms with Crippen molar-refractivity contribution in [3.05, 3.63) is 64.5 Å². The van der Waals surface area contributed by atoms with Crippen molar-refractivity contribution >= 4 is 18.1 Å². The van der Waals surface area contributed by atoms with Crippen molar-refractivity contribution in [2.75, 3.05) is 7.11 Å². The Balaban J connectivity index is 2.06. The maximum absolute atomic E-state index is 11.5. The second-order valence-electron chi connectivity index (χ2n) is 4.46. The number of carbonyl (C=O) groups excluding carboxylic acids is 1. The van der Waals surface area contributed by atoms with Crippen LogP contribution in [-0.2, 0) is 11.2 Å². The summed E-state index contributed by atoms with van der Waals surface area (Å²) in [6.45, 7) is 0. The number of methoxy groups -OCH3 is 1. The summed E-state index contributed by atoms with van der Waals surface area (Å²) in [6.07, 6.45) is 6.61. The minimum absolute atomic E-state index is 0.309. The summed E-state index contributed by atoms with van der Waals surface area (Å²) in [5.41, 5.74) is 4.99. The fourth-order valence-corrected chi connectivity index (χ4v) is 2.28. The first-order chi connectivity index (χ1) is 9.28. The number of esters is 1. The Kier molecular flexibility index (Phi) is 2.88. The Labute approximate surface area is 111 Å². The molecule has 0 atom stereocenters. The van der Waals surface area contributed by atoms with E-state index < -0.39 is 0 Å². The molecule has 0 unspecified atom stereocenters. The Bertz CT molecular complexity index is 674. The van der Waals surface area contributed by atoms with Crippen LogP contribution in [0.2, 0.25) is 0 Å². The zero-order valence-electron chi connectivity index (χ0n) is 10.6. The van der Waals surface area contributed by atoms with E-state index in [0.717, 1.165) is 17.7 Å². The number of nitrogens with zero attached hydrogens (tertiary/aromatic N) is 1. The third-order valence-electron chi connectivity index (χ3n) is 3.29. The van der Waals surface area contributed by atoms with Gasteiger partial charge in [0.1, 0.15) is 0 Å². The van der Waals surface area contributed by atoms with Crippen LogP contribution in [0.4, 0.5) is 0 Å². The number of ether oxygens (including phenoxy) is 1. The van der Waals surface area contributed by atoms with E-state index in [0.29, 0.717) is 5.56 Å². The summed E-state index contributed by atoms with van der Waals surface area (Å²) in [4.78, 5) is 15.9. The number of pyridine rings is 1. The molecule has 0 aliphatic heterocycles. The summed E-state index contributed by atoms with van der Waals surface area (Å²) in [5.74, 6) is -0.309. The molecule has 0 spiro atoms. The van der Waals surface area contributed by atoms with E-state index in [1.54, 1.807) is 12.3 Å². The number of rotatable bonds is 1. The number of benzene rings is 1. The van der Waals surface area contributed by atoms with Gasteiger partial charge in [0.05, 0.1) is 18.4 Å². The SMILES string of the molecule is COC(=O)c1ccc2c(c1)C=Cc1ncccc1C2. The largest absolute Gasteiger partial charge is 0.465 e. The highest BCUT2D eigenvalue weighted by molar-refractivity contribution is 5.91. The van der Waals surface area contributed by atoms with Crippen molar-refractivity contribution in [3.63, 3.8) is 0 Å². The number of hydrogen-bond acceptors (Lipinski definition) is 3. The van der Waals surface area contributed by atoms with Crippen LogP contribution in [0, 0.1) is 0 Å². The molecule has 19 heavy (non-hydrogen) atoms. The predicted octanol–water partition coefficient (Wildman–Crippen LogP) is 2.94. The first-order valence-corrected chi connectivity index (χ1v) is 6.11. The molecule has 0 saturated heterocycles. The number of fused-ring (bicyclic) bond motifs is 2. The molecule has 2 aromatic rings. The predicted molar refractivity (Wildman–Crippen MR) is 73.8 cm³/mol. The zero-order valence-corrected chi connectivity index (χ0v) is 10.6. The van der Waals surface area contributed by atoms with E-state index in [-0.39, 0.29) is 5.97 Å². The molecule has 1 aliphatic rings. The minimum atomic E-state index is -0.309. The Morgan fingerprint density at radius 2 is 2.11 bits per heavy atom. The molecule has 94 valence electrons. The maximum Gasteiger partial charge on any atom is 0.337 e. The van der Waals surface area contributed by atoms with Crippen LogP contribution in [0.1, 0.15) is 32.7 Å². The lowest BCUT2D eigenvalue weighted by Crippen LogP contribution is -2.02. The van der Waals surface area contributed by atoms with E-state index in [4.69, 9.17) is 4.74 Å². The summed E-state index contributed by atoms with van der Waals surface area (Å²) >= 11 is 0. The second kappa shape index (κ2) is 4.69. The lowest BCUT2D eigenvalue weighted by molar-refractivity contribution is 0.0600. The van der Waals surface area contributed by atoms with Crippen LogP contribution in [0.25, 0.3) is 12.2 Å². The van der Waals surface area contributed by atoms with Crippen LogP contribution in [0.15, 0.2) is 36.5 Å².